The Kier molecular flexibility index (Phi) is 3.51. The molecule has 0 unspecified atom stereocenters. The maximum absolute atomic E-state index is 8.75. The highest BCUT2D eigenvalue weighted by Crippen LogP contribution is 2.15. The van der Waals surface area contributed by atoms with Crippen molar-refractivity contribution in [3.05, 3.63) is 41.7 Å². The summed E-state index contributed by atoms with van der Waals surface area (Å²) in [5.41, 5.74) is 6.24. The van der Waals surface area contributed by atoms with E-state index < -0.39 is 0 Å². The maximum Gasteiger partial charge on any atom is 0.120 e. The Morgan fingerprint density at radius 2 is 2.41 bits per heavy atom. The molecule has 1 aliphatic heterocycles. The molecule has 0 aromatic heterocycles. The van der Waals surface area contributed by atoms with Gasteiger partial charge in [-0.25, -0.2) is 0 Å². The fourth-order valence-corrected chi connectivity index (χ4v) is 1.79. The molecule has 0 saturated heterocycles. The van der Waals surface area contributed by atoms with Crippen LogP contribution < -0.4 is 15.8 Å². The lowest BCUT2D eigenvalue weighted by Gasteiger charge is -2.09. The lowest BCUT2D eigenvalue weighted by Crippen LogP contribution is -2.17. The molecule has 4 heteroatoms. The highest BCUT2D eigenvalue weighted by Gasteiger charge is 2.12. The predicted octanol–water partition coefficient (Wildman–Crippen LogP) is 1.35. The molecule has 88 valence electrons. The van der Waals surface area contributed by atoms with E-state index in [0.29, 0.717) is 18.1 Å². The van der Waals surface area contributed by atoms with Gasteiger partial charge in [-0.05, 0) is 30.7 Å². The van der Waals surface area contributed by atoms with Crippen molar-refractivity contribution in [1.82, 2.24) is 5.32 Å². The van der Waals surface area contributed by atoms with Crippen molar-refractivity contribution in [1.29, 1.82) is 5.26 Å². The molecule has 4 nitrogen and oxygen atoms in total. The summed E-state index contributed by atoms with van der Waals surface area (Å²) in [5, 5.41) is 11.8. The summed E-state index contributed by atoms with van der Waals surface area (Å²) in [6.07, 6.45) is 2.94. The van der Waals surface area contributed by atoms with E-state index in [1.54, 1.807) is 12.1 Å². The van der Waals surface area contributed by atoms with E-state index in [-0.39, 0.29) is 0 Å². The molecule has 2 rings (SSSR count). The highest BCUT2D eigenvalue weighted by atomic mass is 16.5. The van der Waals surface area contributed by atoms with Gasteiger partial charge in [0.2, 0.25) is 0 Å². The monoisotopic (exact) mass is 229 g/mol. The molecule has 1 aromatic rings. The van der Waals surface area contributed by atoms with Crippen LogP contribution in [0.15, 0.2) is 36.2 Å². The Labute approximate surface area is 101 Å². The number of nitrogens with one attached hydrogen (secondary N) is 1. The van der Waals surface area contributed by atoms with E-state index >= 15 is 0 Å². The second-order valence-electron chi connectivity index (χ2n) is 4.04. The first-order valence-electron chi connectivity index (χ1n) is 5.62. The van der Waals surface area contributed by atoms with Crippen LogP contribution >= 0.6 is 0 Å². The van der Waals surface area contributed by atoms with E-state index in [2.05, 4.69) is 11.4 Å². The zero-order valence-corrected chi connectivity index (χ0v) is 9.52. The molecule has 17 heavy (non-hydrogen) atoms. The highest BCUT2D eigenvalue weighted by molar-refractivity contribution is 5.36. The number of hydrogen-bond donors (Lipinski definition) is 2. The van der Waals surface area contributed by atoms with Crippen molar-refractivity contribution >= 4 is 0 Å². The van der Waals surface area contributed by atoms with Crippen LogP contribution in [0.4, 0.5) is 0 Å². The topological polar surface area (TPSA) is 71.1 Å². The van der Waals surface area contributed by atoms with E-state index in [4.69, 9.17) is 15.7 Å². The summed E-state index contributed by atoms with van der Waals surface area (Å²) < 4.78 is 5.60. The van der Waals surface area contributed by atoms with Crippen LogP contribution in [-0.2, 0) is 0 Å². The molecule has 0 spiro atoms. The van der Waals surface area contributed by atoms with E-state index in [1.807, 2.05) is 18.2 Å². The first-order valence-corrected chi connectivity index (χ1v) is 5.62. The fourth-order valence-electron chi connectivity index (χ4n) is 1.79. The molecule has 0 fully saturated rings. The average Bonchev–Trinajstić information content (AvgIpc) is 2.75. The second-order valence-corrected chi connectivity index (χ2v) is 4.04. The van der Waals surface area contributed by atoms with Crippen LogP contribution in [0.25, 0.3) is 0 Å². The van der Waals surface area contributed by atoms with Gasteiger partial charge in [-0.3, -0.25) is 0 Å². The number of hydrogen-bond acceptors (Lipinski definition) is 4. The van der Waals surface area contributed by atoms with E-state index in [9.17, 15) is 0 Å². The molecule has 3 N–H and O–H groups in total. The van der Waals surface area contributed by atoms with Crippen molar-refractivity contribution in [3.63, 3.8) is 0 Å². The van der Waals surface area contributed by atoms with Crippen molar-refractivity contribution < 1.29 is 4.74 Å². The number of ether oxygens (including phenoxy) is 1. The Balaban J connectivity index is 1.80. The molecule has 1 atom stereocenters. The van der Waals surface area contributed by atoms with Gasteiger partial charge in [0.1, 0.15) is 5.75 Å². The molecule has 1 aliphatic rings. The molecule has 1 aromatic carbocycles. The number of nitrogens with two attached hydrogens (primary N) is 1. The van der Waals surface area contributed by atoms with Crippen LogP contribution in [-0.4, -0.2) is 13.2 Å². The van der Waals surface area contributed by atoms with Gasteiger partial charge >= 0.3 is 0 Å². The Bertz CT molecular complexity index is 462. The SMILES string of the molecule is N#Cc1cccc(OCC[C@H]2C=C(N)NC2)c1. The Morgan fingerprint density at radius 1 is 1.53 bits per heavy atom. The van der Waals surface area contributed by atoms with Gasteiger partial charge in [0.15, 0.2) is 0 Å². The largest absolute Gasteiger partial charge is 0.494 e. The summed E-state index contributed by atoms with van der Waals surface area (Å²) in [5.74, 6) is 1.93. The van der Waals surface area contributed by atoms with Crippen LogP contribution in [0, 0.1) is 17.2 Å². The average molecular weight is 229 g/mol. The van der Waals surface area contributed by atoms with Crippen molar-refractivity contribution in [2.75, 3.05) is 13.2 Å². The normalized spacial score (nSPS) is 18.1. The Morgan fingerprint density at radius 3 is 3.12 bits per heavy atom. The van der Waals surface area contributed by atoms with Gasteiger partial charge in [0, 0.05) is 12.5 Å². The fraction of sp³-hybridized carbons (Fsp3) is 0.308. The van der Waals surface area contributed by atoms with Gasteiger partial charge in [-0.2, -0.15) is 5.26 Å². The number of nitrogens with zero attached hydrogens (tertiary/aromatic N) is 1. The first kappa shape index (κ1) is 11.3. The van der Waals surface area contributed by atoms with E-state index in [1.165, 1.54) is 0 Å². The summed E-state index contributed by atoms with van der Waals surface area (Å²) in [7, 11) is 0. The minimum absolute atomic E-state index is 0.439. The van der Waals surface area contributed by atoms with Gasteiger partial charge < -0.3 is 15.8 Å². The third-order valence-electron chi connectivity index (χ3n) is 2.70. The van der Waals surface area contributed by atoms with Gasteiger partial charge in [0.05, 0.1) is 24.1 Å². The molecule has 0 saturated carbocycles. The van der Waals surface area contributed by atoms with Crippen LogP contribution in [0.3, 0.4) is 0 Å². The van der Waals surface area contributed by atoms with Gasteiger partial charge in [0.25, 0.3) is 0 Å². The minimum atomic E-state index is 0.439. The third kappa shape index (κ3) is 3.15. The molecular weight excluding hydrogens is 214 g/mol. The molecule has 0 bridgehead atoms. The molecule has 0 amide bonds. The summed E-state index contributed by atoms with van der Waals surface area (Å²) in [6.45, 7) is 1.51. The lowest BCUT2D eigenvalue weighted by molar-refractivity contribution is 0.293. The third-order valence-corrected chi connectivity index (χ3v) is 2.70. The molecular formula is C13H15N3O. The lowest BCUT2D eigenvalue weighted by atomic mass is 10.1. The summed E-state index contributed by atoms with van der Waals surface area (Å²) >= 11 is 0. The number of benzene rings is 1. The van der Waals surface area contributed by atoms with Gasteiger partial charge in [-0.15, -0.1) is 0 Å². The quantitative estimate of drug-likeness (QED) is 0.817. The van der Waals surface area contributed by atoms with Crippen molar-refractivity contribution in [2.45, 2.75) is 6.42 Å². The Hall–Kier alpha value is -2.15. The minimum Gasteiger partial charge on any atom is -0.494 e. The summed E-state index contributed by atoms with van der Waals surface area (Å²) in [4.78, 5) is 0. The molecule has 0 radical (unpaired) electrons. The number of nitriles is 1. The standard InChI is InChI=1S/C13H15N3O/c14-8-10-2-1-3-12(6-10)17-5-4-11-7-13(15)16-9-11/h1-3,6-7,11,16H,4-5,9,15H2/t11-/m0/s1. The molecule has 1 heterocycles. The zero-order valence-electron chi connectivity index (χ0n) is 9.52. The smallest absolute Gasteiger partial charge is 0.120 e. The predicted molar refractivity (Wildman–Crippen MR) is 65.0 cm³/mol. The van der Waals surface area contributed by atoms with Crippen molar-refractivity contribution in [3.8, 4) is 11.8 Å². The zero-order chi connectivity index (χ0) is 12.1. The first-order chi connectivity index (χ1) is 8.28. The summed E-state index contributed by atoms with van der Waals surface area (Å²) in [6, 6.07) is 9.28. The van der Waals surface area contributed by atoms with Crippen LogP contribution in [0.1, 0.15) is 12.0 Å². The van der Waals surface area contributed by atoms with E-state index in [0.717, 1.165) is 24.5 Å². The second kappa shape index (κ2) is 5.26. The number of rotatable bonds is 4. The maximum atomic E-state index is 8.75. The molecule has 0 aliphatic carbocycles. The van der Waals surface area contributed by atoms with Gasteiger partial charge in [-0.1, -0.05) is 6.07 Å². The van der Waals surface area contributed by atoms with Crippen LogP contribution in [0.5, 0.6) is 5.75 Å². The van der Waals surface area contributed by atoms with Crippen LogP contribution in [0.2, 0.25) is 0 Å². The van der Waals surface area contributed by atoms with Crippen molar-refractivity contribution in [2.24, 2.45) is 11.7 Å².